The number of nitrogen functional groups attached to an aromatic ring is 1. The maximum absolute atomic E-state index is 10.7. The number of rotatable bonds is 4. The molecule has 0 saturated heterocycles. The lowest BCUT2D eigenvalue weighted by Crippen LogP contribution is -2.03. The lowest BCUT2D eigenvalue weighted by molar-refractivity contribution is 0.213. The van der Waals surface area contributed by atoms with E-state index < -0.39 is 6.10 Å². The van der Waals surface area contributed by atoms with Crippen LogP contribution in [0.5, 0.6) is 5.75 Å². The van der Waals surface area contributed by atoms with E-state index in [0.29, 0.717) is 43.9 Å². The van der Waals surface area contributed by atoms with Gasteiger partial charge in [0.05, 0.1) is 12.5 Å². The molecule has 4 rings (SSSR count). The molecule has 0 bridgehead atoms. The maximum Gasteiger partial charge on any atom is 0.199 e. The maximum atomic E-state index is 10.7. The van der Waals surface area contributed by atoms with Crippen LogP contribution in [0.15, 0.2) is 40.9 Å². The van der Waals surface area contributed by atoms with Crippen LogP contribution in [0, 0.1) is 6.92 Å². The van der Waals surface area contributed by atoms with Crippen molar-refractivity contribution < 1.29 is 14.3 Å². The van der Waals surface area contributed by atoms with Gasteiger partial charge < -0.3 is 20.0 Å². The molecule has 4 aromatic heterocycles. The van der Waals surface area contributed by atoms with Crippen LogP contribution in [0.4, 0.5) is 5.82 Å². The Hall–Kier alpha value is -2.97. The number of hydrogen-bond acceptors (Lipinski definition) is 8. The van der Waals surface area contributed by atoms with Crippen molar-refractivity contribution in [1.82, 2.24) is 15.0 Å². The first kappa shape index (κ1) is 16.5. The molecule has 8 heteroatoms. The number of aromatic nitrogens is 3. The zero-order valence-corrected chi connectivity index (χ0v) is 14.9. The normalized spacial score (nSPS) is 12.4. The second kappa shape index (κ2) is 6.40. The minimum absolute atomic E-state index is 0.335. The Morgan fingerprint density at radius 3 is 2.85 bits per heavy atom. The van der Waals surface area contributed by atoms with Crippen molar-refractivity contribution in [2.45, 2.75) is 13.0 Å². The molecule has 4 aromatic rings. The van der Waals surface area contributed by atoms with Gasteiger partial charge in [0.1, 0.15) is 34.0 Å². The monoisotopic (exact) mass is 368 g/mol. The molecule has 0 aliphatic rings. The summed E-state index contributed by atoms with van der Waals surface area (Å²) in [5.74, 6) is 2.59. The summed E-state index contributed by atoms with van der Waals surface area (Å²) in [4.78, 5) is 14.4. The highest BCUT2D eigenvalue weighted by Crippen LogP contribution is 2.37. The fourth-order valence-electron chi connectivity index (χ4n) is 2.68. The summed E-state index contributed by atoms with van der Waals surface area (Å²) in [5, 5.41) is 11.4. The van der Waals surface area contributed by atoms with Crippen LogP contribution < -0.4 is 10.5 Å². The summed E-state index contributed by atoms with van der Waals surface area (Å²) < 4.78 is 10.9. The van der Waals surface area contributed by atoms with Gasteiger partial charge in [-0.3, -0.25) is 4.98 Å². The van der Waals surface area contributed by atoms with E-state index in [9.17, 15) is 5.11 Å². The third-order valence-electron chi connectivity index (χ3n) is 3.95. The van der Waals surface area contributed by atoms with Crippen LogP contribution in [0.1, 0.15) is 22.4 Å². The average molecular weight is 368 g/mol. The van der Waals surface area contributed by atoms with Crippen molar-refractivity contribution >= 4 is 27.4 Å². The molecule has 0 saturated carbocycles. The van der Waals surface area contributed by atoms with Gasteiger partial charge in [-0.15, -0.1) is 11.3 Å². The number of ether oxygens (including phenoxy) is 1. The molecule has 7 nitrogen and oxygen atoms in total. The second-order valence-corrected chi connectivity index (χ2v) is 6.77. The molecule has 0 aliphatic carbocycles. The zero-order valence-electron chi connectivity index (χ0n) is 14.1. The van der Waals surface area contributed by atoms with Gasteiger partial charge in [0.25, 0.3) is 0 Å². The molecule has 132 valence electrons. The molecular formula is C18H16N4O3S. The first-order valence-electron chi connectivity index (χ1n) is 7.87. The van der Waals surface area contributed by atoms with Crippen molar-refractivity contribution in [3.63, 3.8) is 0 Å². The summed E-state index contributed by atoms with van der Waals surface area (Å²) >= 11 is 1.33. The third kappa shape index (κ3) is 2.79. The van der Waals surface area contributed by atoms with Crippen molar-refractivity contribution in [3.8, 4) is 17.3 Å². The Balaban J connectivity index is 1.79. The molecule has 0 aliphatic heterocycles. The standard InChI is InChI=1S/C18H16N4O3S/c1-9-5-6-12(25-9)17-21-16(19)10-8-13(26-18(10)22-17)15(23)14-11(24-2)4-3-7-20-14/h3-8,15,23H,1-2H3,(H2,19,21,22). The number of aliphatic hydroxyl groups excluding tert-OH is 1. The molecule has 0 aromatic carbocycles. The second-order valence-electron chi connectivity index (χ2n) is 5.70. The fourth-order valence-corrected chi connectivity index (χ4v) is 3.71. The van der Waals surface area contributed by atoms with Gasteiger partial charge in [0.2, 0.25) is 0 Å². The molecule has 1 atom stereocenters. The lowest BCUT2D eigenvalue weighted by atomic mass is 10.1. The van der Waals surface area contributed by atoms with E-state index in [4.69, 9.17) is 14.9 Å². The summed E-state index contributed by atoms with van der Waals surface area (Å²) in [5.41, 5.74) is 6.54. The molecule has 26 heavy (non-hydrogen) atoms. The van der Waals surface area contributed by atoms with Crippen LogP contribution in [-0.4, -0.2) is 27.2 Å². The zero-order chi connectivity index (χ0) is 18.3. The molecule has 3 N–H and O–H groups in total. The smallest absolute Gasteiger partial charge is 0.199 e. The highest BCUT2D eigenvalue weighted by molar-refractivity contribution is 7.18. The molecule has 4 heterocycles. The number of furan rings is 1. The quantitative estimate of drug-likeness (QED) is 0.569. The first-order valence-corrected chi connectivity index (χ1v) is 8.69. The van der Waals surface area contributed by atoms with Crippen LogP contribution in [0.3, 0.4) is 0 Å². The number of aryl methyl sites for hydroxylation is 1. The van der Waals surface area contributed by atoms with E-state index >= 15 is 0 Å². The largest absolute Gasteiger partial charge is 0.495 e. The Labute approximate surface area is 153 Å². The number of nitrogens with zero attached hydrogens (tertiary/aromatic N) is 3. The molecule has 0 spiro atoms. The number of nitrogens with two attached hydrogens (primary N) is 1. The summed E-state index contributed by atoms with van der Waals surface area (Å²) in [6.07, 6.45) is 0.666. The van der Waals surface area contributed by atoms with Gasteiger partial charge >= 0.3 is 0 Å². The minimum Gasteiger partial charge on any atom is -0.495 e. The summed E-state index contributed by atoms with van der Waals surface area (Å²) in [6, 6.07) is 8.94. The molecule has 0 amide bonds. The number of thiophene rings is 1. The third-order valence-corrected chi connectivity index (χ3v) is 5.03. The number of anilines is 1. The number of aliphatic hydroxyl groups is 1. The van der Waals surface area contributed by atoms with Gasteiger partial charge in [0, 0.05) is 11.1 Å². The SMILES string of the molecule is COc1cccnc1C(O)c1cc2c(N)nc(-c3ccc(C)o3)nc2s1. The summed E-state index contributed by atoms with van der Waals surface area (Å²) in [7, 11) is 1.54. The highest BCUT2D eigenvalue weighted by Gasteiger charge is 2.21. The van der Waals surface area contributed by atoms with Crippen LogP contribution >= 0.6 is 11.3 Å². The number of methoxy groups -OCH3 is 1. The van der Waals surface area contributed by atoms with E-state index in [-0.39, 0.29) is 0 Å². The lowest BCUT2D eigenvalue weighted by Gasteiger charge is -2.11. The van der Waals surface area contributed by atoms with Crippen molar-refractivity contribution in [1.29, 1.82) is 0 Å². The molecule has 0 radical (unpaired) electrons. The predicted molar refractivity (Wildman–Crippen MR) is 99.1 cm³/mol. The number of pyridine rings is 1. The fraction of sp³-hybridized carbons (Fsp3) is 0.167. The Morgan fingerprint density at radius 2 is 2.12 bits per heavy atom. The Morgan fingerprint density at radius 1 is 1.27 bits per heavy atom. The van der Waals surface area contributed by atoms with Gasteiger partial charge in [-0.05, 0) is 37.3 Å². The number of fused-ring (bicyclic) bond motifs is 1. The van der Waals surface area contributed by atoms with Gasteiger partial charge in [-0.25, -0.2) is 9.97 Å². The van der Waals surface area contributed by atoms with E-state index in [2.05, 4.69) is 15.0 Å². The Bertz CT molecular complexity index is 1090. The van der Waals surface area contributed by atoms with Gasteiger partial charge in [-0.1, -0.05) is 0 Å². The molecular weight excluding hydrogens is 352 g/mol. The Kier molecular flexibility index (Phi) is 4.06. The van der Waals surface area contributed by atoms with Gasteiger partial charge in [-0.2, -0.15) is 0 Å². The van der Waals surface area contributed by atoms with Crippen molar-refractivity contribution in [2.24, 2.45) is 0 Å². The van der Waals surface area contributed by atoms with Gasteiger partial charge in [0.15, 0.2) is 11.6 Å². The molecule has 0 fully saturated rings. The predicted octanol–water partition coefficient (Wildman–Crippen LogP) is 3.33. The van der Waals surface area contributed by atoms with E-state index in [1.54, 1.807) is 37.6 Å². The number of hydrogen-bond donors (Lipinski definition) is 2. The summed E-state index contributed by atoms with van der Waals surface area (Å²) in [6.45, 7) is 1.85. The topological polar surface area (TPSA) is 107 Å². The van der Waals surface area contributed by atoms with E-state index in [1.807, 2.05) is 13.0 Å². The highest BCUT2D eigenvalue weighted by atomic mass is 32.1. The van der Waals surface area contributed by atoms with Crippen molar-refractivity contribution in [3.05, 3.63) is 52.9 Å². The minimum atomic E-state index is -0.945. The molecule has 1 unspecified atom stereocenters. The van der Waals surface area contributed by atoms with E-state index in [0.717, 1.165) is 5.76 Å². The van der Waals surface area contributed by atoms with Crippen LogP contribution in [0.25, 0.3) is 21.8 Å². The van der Waals surface area contributed by atoms with E-state index in [1.165, 1.54) is 11.3 Å². The van der Waals surface area contributed by atoms with Crippen LogP contribution in [0.2, 0.25) is 0 Å². The van der Waals surface area contributed by atoms with Crippen LogP contribution in [-0.2, 0) is 0 Å². The average Bonchev–Trinajstić information content (AvgIpc) is 3.27. The first-order chi connectivity index (χ1) is 12.6. The van der Waals surface area contributed by atoms with Crippen molar-refractivity contribution in [2.75, 3.05) is 12.8 Å².